The van der Waals surface area contributed by atoms with Crippen LogP contribution in [0.15, 0.2) is 12.1 Å². The van der Waals surface area contributed by atoms with Crippen LogP contribution in [0.1, 0.15) is 48.6 Å². The van der Waals surface area contributed by atoms with Crippen molar-refractivity contribution in [2.24, 2.45) is 0 Å². The largest absolute Gasteiger partial charge is 0.380 e. The molecule has 18 heavy (non-hydrogen) atoms. The highest BCUT2D eigenvalue weighted by molar-refractivity contribution is 5.39. The van der Waals surface area contributed by atoms with E-state index < -0.39 is 0 Å². The molecule has 1 N–H and O–H groups in total. The molecule has 0 aromatic heterocycles. The van der Waals surface area contributed by atoms with Crippen LogP contribution in [0, 0.1) is 20.8 Å². The van der Waals surface area contributed by atoms with Gasteiger partial charge >= 0.3 is 0 Å². The Bertz CT molecular complexity index is 342. The van der Waals surface area contributed by atoms with Crippen LogP contribution in [0.2, 0.25) is 0 Å². The molecule has 2 nitrogen and oxygen atoms in total. The van der Waals surface area contributed by atoms with E-state index >= 15 is 0 Å². The average molecular weight is 249 g/mol. The van der Waals surface area contributed by atoms with Gasteiger partial charge in [-0.1, -0.05) is 24.6 Å². The molecule has 1 aromatic carbocycles. The summed E-state index contributed by atoms with van der Waals surface area (Å²) in [6, 6.07) is 4.83. The average Bonchev–Trinajstić information content (AvgIpc) is 2.30. The Balaban J connectivity index is 2.95. The van der Waals surface area contributed by atoms with E-state index in [-0.39, 0.29) is 0 Å². The van der Waals surface area contributed by atoms with Crippen molar-refractivity contribution < 1.29 is 4.74 Å². The molecular weight excluding hydrogens is 222 g/mol. The predicted molar refractivity (Wildman–Crippen MR) is 78.2 cm³/mol. The smallest absolute Gasteiger partial charge is 0.0661 e. The van der Waals surface area contributed by atoms with E-state index in [2.05, 4.69) is 45.1 Å². The predicted octanol–water partition coefficient (Wildman–Crippen LogP) is 3.69. The van der Waals surface area contributed by atoms with Gasteiger partial charge in [0.15, 0.2) is 0 Å². The summed E-state index contributed by atoms with van der Waals surface area (Å²) in [5.41, 5.74) is 5.46. The van der Waals surface area contributed by atoms with Crippen molar-refractivity contribution in [2.75, 3.05) is 19.8 Å². The van der Waals surface area contributed by atoms with E-state index in [1.165, 1.54) is 22.3 Å². The molecule has 102 valence electrons. The van der Waals surface area contributed by atoms with Gasteiger partial charge in [-0.2, -0.15) is 0 Å². The van der Waals surface area contributed by atoms with E-state index in [9.17, 15) is 0 Å². The highest BCUT2D eigenvalue weighted by Gasteiger charge is 2.15. The molecule has 0 heterocycles. The number of rotatable bonds is 7. The van der Waals surface area contributed by atoms with E-state index in [0.717, 1.165) is 26.2 Å². The Morgan fingerprint density at radius 1 is 1.11 bits per heavy atom. The molecule has 1 rings (SSSR count). The number of ether oxygens (including phenoxy) is 1. The number of aryl methyl sites for hydroxylation is 3. The maximum absolute atomic E-state index is 5.62. The Labute approximate surface area is 112 Å². The van der Waals surface area contributed by atoms with Crippen molar-refractivity contribution in [2.45, 2.75) is 47.1 Å². The highest BCUT2D eigenvalue weighted by Crippen LogP contribution is 2.24. The minimum absolute atomic E-state index is 0.311. The molecule has 0 spiro atoms. The van der Waals surface area contributed by atoms with E-state index in [0.29, 0.717) is 6.04 Å². The summed E-state index contributed by atoms with van der Waals surface area (Å²) in [5, 5.41) is 3.60. The summed E-state index contributed by atoms with van der Waals surface area (Å²) in [5.74, 6) is 0. The van der Waals surface area contributed by atoms with Crippen LogP contribution in [0.4, 0.5) is 0 Å². The molecule has 0 saturated carbocycles. The van der Waals surface area contributed by atoms with Gasteiger partial charge in [-0.3, -0.25) is 0 Å². The third kappa shape index (κ3) is 4.11. The lowest BCUT2D eigenvalue weighted by molar-refractivity contribution is 0.122. The first-order chi connectivity index (χ1) is 8.60. The van der Waals surface area contributed by atoms with Gasteiger partial charge in [0.2, 0.25) is 0 Å². The summed E-state index contributed by atoms with van der Waals surface area (Å²) in [6.07, 6.45) is 1.15. The molecule has 1 unspecified atom stereocenters. The number of benzene rings is 1. The molecule has 1 aromatic rings. The number of hydrogen-bond donors (Lipinski definition) is 1. The van der Waals surface area contributed by atoms with Crippen molar-refractivity contribution in [3.8, 4) is 0 Å². The summed E-state index contributed by atoms with van der Waals surface area (Å²) in [7, 11) is 0. The van der Waals surface area contributed by atoms with Crippen LogP contribution in [0.3, 0.4) is 0 Å². The quantitative estimate of drug-likeness (QED) is 0.795. The van der Waals surface area contributed by atoms with Gasteiger partial charge in [0.25, 0.3) is 0 Å². The van der Waals surface area contributed by atoms with Crippen molar-refractivity contribution >= 4 is 0 Å². The van der Waals surface area contributed by atoms with Gasteiger partial charge in [-0.25, -0.2) is 0 Å². The summed E-state index contributed by atoms with van der Waals surface area (Å²) >= 11 is 0. The van der Waals surface area contributed by atoms with Crippen LogP contribution in [0.25, 0.3) is 0 Å². The van der Waals surface area contributed by atoms with Crippen LogP contribution < -0.4 is 5.32 Å². The second kappa shape index (κ2) is 7.55. The molecule has 0 aliphatic rings. The number of nitrogens with one attached hydrogen (secondary N) is 1. The zero-order chi connectivity index (χ0) is 13.5. The fourth-order valence-electron chi connectivity index (χ4n) is 2.54. The highest BCUT2D eigenvalue weighted by atomic mass is 16.5. The molecule has 0 fully saturated rings. The van der Waals surface area contributed by atoms with Crippen molar-refractivity contribution in [1.82, 2.24) is 5.32 Å². The fraction of sp³-hybridized carbons (Fsp3) is 0.625. The zero-order valence-corrected chi connectivity index (χ0v) is 12.5. The molecule has 0 amide bonds. The lowest BCUT2D eigenvalue weighted by Crippen LogP contribution is -2.27. The molecule has 0 bridgehead atoms. The minimum Gasteiger partial charge on any atom is -0.380 e. The second-order valence-corrected chi connectivity index (χ2v) is 4.98. The first-order valence-electron chi connectivity index (χ1n) is 6.99. The van der Waals surface area contributed by atoms with Gasteiger partial charge in [-0.15, -0.1) is 0 Å². The van der Waals surface area contributed by atoms with Gasteiger partial charge < -0.3 is 10.1 Å². The summed E-state index contributed by atoms with van der Waals surface area (Å²) in [4.78, 5) is 0. The standard InChI is InChI=1S/C16H27NO/c1-6-8-17-15(11-18-7-2)16-13(4)9-12(3)10-14(16)5/h9-10,15,17H,6-8,11H2,1-5H3. The third-order valence-corrected chi connectivity index (χ3v) is 3.22. The Morgan fingerprint density at radius 2 is 1.72 bits per heavy atom. The Hall–Kier alpha value is -0.860. The number of hydrogen-bond acceptors (Lipinski definition) is 2. The van der Waals surface area contributed by atoms with Gasteiger partial charge in [0.05, 0.1) is 12.6 Å². The third-order valence-electron chi connectivity index (χ3n) is 3.22. The molecular formula is C16H27NO. The van der Waals surface area contributed by atoms with Crippen molar-refractivity contribution in [1.29, 1.82) is 0 Å². The fourth-order valence-corrected chi connectivity index (χ4v) is 2.54. The monoisotopic (exact) mass is 249 g/mol. The topological polar surface area (TPSA) is 21.3 Å². The van der Waals surface area contributed by atoms with Crippen LogP contribution in [-0.4, -0.2) is 19.8 Å². The molecule has 0 aliphatic heterocycles. The second-order valence-electron chi connectivity index (χ2n) is 4.98. The van der Waals surface area contributed by atoms with Gasteiger partial charge in [0, 0.05) is 6.61 Å². The van der Waals surface area contributed by atoms with Crippen molar-refractivity contribution in [3.05, 3.63) is 34.4 Å². The Morgan fingerprint density at radius 3 is 2.22 bits per heavy atom. The minimum atomic E-state index is 0.311. The maximum atomic E-state index is 5.62. The lowest BCUT2D eigenvalue weighted by atomic mass is 9.94. The van der Waals surface area contributed by atoms with Crippen LogP contribution in [0.5, 0.6) is 0 Å². The molecule has 0 aliphatic carbocycles. The van der Waals surface area contributed by atoms with E-state index in [1.807, 2.05) is 6.92 Å². The zero-order valence-electron chi connectivity index (χ0n) is 12.5. The normalized spacial score (nSPS) is 12.7. The summed E-state index contributed by atoms with van der Waals surface area (Å²) < 4.78 is 5.62. The molecule has 2 heteroatoms. The van der Waals surface area contributed by atoms with Crippen LogP contribution in [-0.2, 0) is 4.74 Å². The van der Waals surface area contributed by atoms with E-state index in [4.69, 9.17) is 4.74 Å². The molecule has 0 saturated heterocycles. The maximum Gasteiger partial charge on any atom is 0.0661 e. The van der Waals surface area contributed by atoms with Crippen LogP contribution >= 0.6 is 0 Å². The molecule has 1 atom stereocenters. The van der Waals surface area contributed by atoms with E-state index in [1.54, 1.807) is 0 Å². The lowest BCUT2D eigenvalue weighted by Gasteiger charge is -2.23. The molecule has 0 radical (unpaired) electrons. The van der Waals surface area contributed by atoms with Gasteiger partial charge in [-0.05, 0) is 57.4 Å². The first kappa shape index (κ1) is 15.2. The Kier molecular flexibility index (Phi) is 6.37. The summed E-state index contributed by atoms with van der Waals surface area (Å²) in [6.45, 7) is 13.3. The van der Waals surface area contributed by atoms with Crippen molar-refractivity contribution in [3.63, 3.8) is 0 Å². The SMILES string of the molecule is CCCNC(COCC)c1c(C)cc(C)cc1C. The van der Waals surface area contributed by atoms with Gasteiger partial charge in [0.1, 0.15) is 0 Å². The first-order valence-corrected chi connectivity index (χ1v) is 6.99.